The highest BCUT2D eigenvalue weighted by molar-refractivity contribution is 7.98. The van der Waals surface area contributed by atoms with Crippen molar-refractivity contribution in [2.24, 2.45) is 11.5 Å². The summed E-state index contributed by atoms with van der Waals surface area (Å²) in [6, 6.07) is -2.10. The number of carboxylic acid groups (broad SMARTS) is 1. The van der Waals surface area contributed by atoms with E-state index < -0.39 is 29.9 Å². The van der Waals surface area contributed by atoms with E-state index in [-0.39, 0.29) is 6.42 Å². The van der Waals surface area contributed by atoms with E-state index in [9.17, 15) is 14.4 Å². The Bertz CT molecular complexity index is 298. The Labute approximate surface area is 103 Å². The highest BCUT2D eigenvalue weighted by Gasteiger charge is 2.23. The van der Waals surface area contributed by atoms with E-state index >= 15 is 0 Å². The van der Waals surface area contributed by atoms with Crippen molar-refractivity contribution < 1.29 is 19.5 Å². The SMILES string of the molecule is CSCC[C@@H](NC(=O)C(N)CC(N)=O)C(=O)O. The second-order valence-electron chi connectivity index (χ2n) is 3.46. The first kappa shape index (κ1) is 15.7. The van der Waals surface area contributed by atoms with Crippen LogP contribution in [0.3, 0.4) is 0 Å². The summed E-state index contributed by atoms with van der Waals surface area (Å²) in [5, 5.41) is 11.1. The predicted octanol–water partition coefficient (Wildman–Crippen LogP) is -1.49. The third kappa shape index (κ3) is 6.80. The maximum Gasteiger partial charge on any atom is 0.326 e. The molecule has 0 aromatic rings. The number of hydrogen-bond donors (Lipinski definition) is 4. The third-order valence-electron chi connectivity index (χ3n) is 1.98. The summed E-state index contributed by atoms with van der Waals surface area (Å²) in [6.07, 6.45) is 1.83. The first-order valence-corrected chi connectivity index (χ1v) is 6.33. The number of hydrogen-bond acceptors (Lipinski definition) is 5. The lowest BCUT2D eigenvalue weighted by Crippen LogP contribution is -2.49. The van der Waals surface area contributed by atoms with Gasteiger partial charge in [0.05, 0.1) is 12.5 Å². The molecule has 0 rings (SSSR count). The van der Waals surface area contributed by atoms with Crippen LogP contribution < -0.4 is 16.8 Å². The van der Waals surface area contributed by atoms with Gasteiger partial charge in [0, 0.05) is 0 Å². The van der Waals surface area contributed by atoms with E-state index in [0.717, 1.165) is 0 Å². The molecular weight excluding hydrogens is 246 g/mol. The summed E-state index contributed by atoms with van der Waals surface area (Å²) in [5.74, 6) is -1.91. The zero-order valence-electron chi connectivity index (χ0n) is 9.51. The van der Waals surface area contributed by atoms with E-state index in [1.54, 1.807) is 0 Å². The number of rotatable bonds is 8. The Morgan fingerprint density at radius 3 is 2.41 bits per heavy atom. The van der Waals surface area contributed by atoms with Gasteiger partial charge in [0.1, 0.15) is 6.04 Å². The van der Waals surface area contributed by atoms with Crippen LogP contribution in [0.1, 0.15) is 12.8 Å². The minimum atomic E-state index is -1.13. The third-order valence-corrected chi connectivity index (χ3v) is 2.63. The molecule has 0 saturated carbocycles. The summed E-state index contributed by atoms with van der Waals surface area (Å²) in [6.45, 7) is 0. The van der Waals surface area contributed by atoms with Crippen LogP contribution in [0.5, 0.6) is 0 Å². The zero-order valence-corrected chi connectivity index (χ0v) is 10.3. The number of carbonyl (C=O) groups is 3. The smallest absolute Gasteiger partial charge is 0.326 e. The normalized spacial score (nSPS) is 13.8. The number of nitrogens with two attached hydrogens (primary N) is 2. The quantitative estimate of drug-likeness (QED) is 0.421. The fourth-order valence-electron chi connectivity index (χ4n) is 1.08. The van der Waals surface area contributed by atoms with Crippen molar-refractivity contribution in [2.45, 2.75) is 24.9 Å². The molecule has 6 N–H and O–H groups in total. The maximum absolute atomic E-state index is 11.4. The molecule has 0 heterocycles. The first-order valence-electron chi connectivity index (χ1n) is 4.94. The molecule has 0 radical (unpaired) electrons. The Morgan fingerprint density at radius 2 is 2.00 bits per heavy atom. The molecule has 0 aliphatic rings. The Balaban J connectivity index is 4.29. The number of carbonyl (C=O) groups excluding carboxylic acids is 2. The molecule has 17 heavy (non-hydrogen) atoms. The molecule has 0 aromatic heterocycles. The molecular formula is C9H17N3O4S. The van der Waals surface area contributed by atoms with E-state index in [1.807, 2.05) is 6.26 Å². The van der Waals surface area contributed by atoms with Crippen LogP contribution in [0.2, 0.25) is 0 Å². The molecule has 7 nitrogen and oxygen atoms in total. The van der Waals surface area contributed by atoms with Crippen LogP contribution >= 0.6 is 11.8 Å². The van der Waals surface area contributed by atoms with Crippen LogP contribution in [0, 0.1) is 0 Å². The highest BCUT2D eigenvalue weighted by atomic mass is 32.2. The second kappa shape index (κ2) is 7.91. The van der Waals surface area contributed by atoms with Crippen molar-refractivity contribution in [1.29, 1.82) is 0 Å². The standard InChI is InChI=1S/C9H17N3O4S/c1-17-3-2-6(9(15)16)12-8(14)5(10)4-7(11)13/h5-6H,2-4,10H2,1H3,(H2,11,13)(H,12,14)(H,15,16)/t5?,6-/m1/s1. The monoisotopic (exact) mass is 263 g/mol. The number of aliphatic carboxylic acids is 1. The van der Waals surface area contributed by atoms with Crippen LogP contribution in [0.15, 0.2) is 0 Å². The highest BCUT2D eigenvalue weighted by Crippen LogP contribution is 2.01. The predicted molar refractivity (Wildman–Crippen MR) is 64.4 cm³/mol. The summed E-state index contributed by atoms with van der Waals surface area (Å²) in [5.41, 5.74) is 10.3. The van der Waals surface area contributed by atoms with Gasteiger partial charge in [-0.15, -0.1) is 0 Å². The minimum Gasteiger partial charge on any atom is -0.480 e. The van der Waals surface area contributed by atoms with Crippen molar-refractivity contribution in [3.63, 3.8) is 0 Å². The van der Waals surface area contributed by atoms with E-state index in [4.69, 9.17) is 16.6 Å². The molecule has 2 atom stereocenters. The van der Waals surface area contributed by atoms with Gasteiger partial charge in [-0.3, -0.25) is 9.59 Å². The van der Waals surface area contributed by atoms with Gasteiger partial charge in [-0.2, -0.15) is 11.8 Å². The molecule has 1 unspecified atom stereocenters. The van der Waals surface area contributed by atoms with Gasteiger partial charge >= 0.3 is 5.97 Å². The molecule has 0 aliphatic heterocycles. The first-order chi connectivity index (χ1) is 7.88. The Kier molecular flexibility index (Phi) is 7.31. The van der Waals surface area contributed by atoms with Gasteiger partial charge in [0.25, 0.3) is 0 Å². The number of amides is 2. The summed E-state index contributed by atoms with van der Waals surface area (Å²) in [4.78, 5) is 32.8. The molecule has 0 spiro atoms. The average Bonchev–Trinajstić information content (AvgIpc) is 2.22. The Morgan fingerprint density at radius 1 is 1.41 bits per heavy atom. The van der Waals surface area contributed by atoms with Crippen LogP contribution in [-0.4, -0.2) is 47.0 Å². The van der Waals surface area contributed by atoms with Gasteiger partial charge in [-0.05, 0) is 18.4 Å². The molecule has 0 bridgehead atoms. The summed E-state index contributed by atoms with van der Waals surface area (Å²) >= 11 is 1.47. The number of nitrogens with one attached hydrogen (secondary N) is 1. The van der Waals surface area contributed by atoms with Gasteiger partial charge < -0.3 is 21.9 Å². The molecule has 8 heteroatoms. The largest absolute Gasteiger partial charge is 0.480 e. The van der Waals surface area contributed by atoms with Crippen molar-refractivity contribution in [2.75, 3.05) is 12.0 Å². The molecule has 0 saturated heterocycles. The van der Waals surface area contributed by atoms with E-state index in [0.29, 0.717) is 12.2 Å². The zero-order chi connectivity index (χ0) is 13.4. The van der Waals surface area contributed by atoms with Crippen molar-refractivity contribution in [3.05, 3.63) is 0 Å². The number of carboxylic acids is 1. The summed E-state index contributed by atoms with van der Waals surface area (Å²) in [7, 11) is 0. The Hall–Kier alpha value is -1.28. The van der Waals surface area contributed by atoms with Gasteiger partial charge in [-0.1, -0.05) is 0 Å². The lowest BCUT2D eigenvalue weighted by atomic mass is 10.1. The minimum absolute atomic E-state index is 0.297. The topological polar surface area (TPSA) is 136 Å². The molecule has 2 amide bonds. The molecule has 0 aromatic carbocycles. The number of thioether (sulfide) groups is 1. The van der Waals surface area contributed by atoms with Crippen LogP contribution in [-0.2, 0) is 14.4 Å². The van der Waals surface area contributed by atoms with E-state index in [1.165, 1.54) is 11.8 Å². The van der Waals surface area contributed by atoms with Crippen molar-refractivity contribution in [1.82, 2.24) is 5.32 Å². The lowest BCUT2D eigenvalue weighted by Gasteiger charge is -2.16. The lowest BCUT2D eigenvalue weighted by molar-refractivity contribution is -0.142. The molecule has 0 aliphatic carbocycles. The number of primary amides is 1. The molecule has 98 valence electrons. The fraction of sp³-hybridized carbons (Fsp3) is 0.667. The van der Waals surface area contributed by atoms with Crippen LogP contribution in [0.4, 0.5) is 0 Å². The van der Waals surface area contributed by atoms with Crippen LogP contribution in [0.25, 0.3) is 0 Å². The van der Waals surface area contributed by atoms with Gasteiger partial charge in [0.2, 0.25) is 11.8 Å². The van der Waals surface area contributed by atoms with Crippen molar-refractivity contribution >= 4 is 29.5 Å². The fourth-order valence-corrected chi connectivity index (χ4v) is 1.55. The maximum atomic E-state index is 11.4. The van der Waals surface area contributed by atoms with E-state index in [2.05, 4.69) is 5.32 Å². The molecule has 0 fully saturated rings. The average molecular weight is 263 g/mol. The second-order valence-corrected chi connectivity index (χ2v) is 4.44. The van der Waals surface area contributed by atoms with Crippen molar-refractivity contribution in [3.8, 4) is 0 Å². The van der Waals surface area contributed by atoms with Gasteiger partial charge in [0.15, 0.2) is 0 Å². The summed E-state index contributed by atoms with van der Waals surface area (Å²) < 4.78 is 0. The van der Waals surface area contributed by atoms with Gasteiger partial charge in [-0.25, -0.2) is 4.79 Å².